The smallest absolute Gasteiger partial charge is 0.306 e. The van der Waals surface area contributed by atoms with Crippen LogP contribution in [0.2, 0.25) is 0 Å². The zero-order chi connectivity index (χ0) is 31.8. The van der Waals surface area contributed by atoms with Crippen LogP contribution in [0.1, 0.15) is 87.5 Å². The SMILES string of the molecule is CCC1CCC(C)(O)C(OC(C)=O)C=CC(C)C(C(C)=CC=CC(C)(O)C(N)C2OC2C(C)C(CC)OC)OC(=O)C1. The van der Waals surface area contributed by atoms with Crippen LogP contribution in [-0.4, -0.2) is 77.0 Å². The van der Waals surface area contributed by atoms with Gasteiger partial charge in [0.05, 0.1) is 23.9 Å². The Labute approximate surface area is 252 Å². The molecule has 42 heavy (non-hydrogen) atoms. The summed E-state index contributed by atoms with van der Waals surface area (Å²) in [6, 6.07) is -0.637. The van der Waals surface area contributed by atoms with Gasteiger partial charge in [-0.2, -0.15) is 0 Å². The molecule has 0 bridgehead atoms. The molecule has 2 rings (SSSR count). The third-order valence-corrected chi connectivity index (χ3v) is 8.96. The second kappa shape index (κ2) is 15.6. The van der Waals surface area contributed by atoms with Crippen molar-refractivity contribution in [2.24, 2.45) is 23.5 Å². The average molecular weight is 594 g/mol. The Morgan fingerprint density at radius 1 is 1.29 bits per heavy atom. The van der Waals surface area contributed by atoms with Gasteiger partial charge in [0.1, 0.15) is 23.9 Å². The predicted molar refractivity (Wildman–Crippen MR) is 162 cm³/mol. The number of carbonyl (C=O) groups excluding carboxylic acids is 2. The minimum atomic E-state index is -1.34. The lowest BCUT2D eigenvalue weighted by Crippen LogP contribution is -2.49. The maximum absolute atomic E-state index is 13.0. The minimum Gasteiger partial charge on any atom is -0.457 e. The van der Waals surface area contributed by atoms with Crippen LogP contribution in [0, 0.1) is 17.8 Å². The van der Waals surface area contributed by atoms with E-state index in [4.69, 9.17) is 24.7 Å². The van der Waals surface area contributed by atoms with E-state index in [-0.39, 0.29) is 48.5 Å². The van der Waals surface area contributed by atoms with Crippen LogP contribution in [0.5, 0.6) is 0 Å². The van der Waals surface area contributed by atoms with Gasteiger partial charge in [0.2, 0.25) is 0 Å². The first-order chi connectivity index (χ1) is 19.6. The van der Waals surface area contributed by atoms with Crippen molar-refractivity contribution >= 4 is 11.9 Å². The highest BCUT2D eigenvalue weighted by atomic mass is 16.6. The Morgan fingerprint density at radius 2 is 1.95 bits per heavy atom. The fraction of sp³-hybridized carbons (Fsp3) is 0.758. The van der Waals surface area contributed by atoms with Crippen LogP contribution in [0.25, 0.3) is 0 Å². The average Bonchev–Trinajstić information content (AvgIpc) is 3.71. The number of nitrogens with two attached hydrogens (primary N) is 1. The molecule has 9 heteroatoms. The van der Waals surface area contributed by atoms with Crippen LogP contribution in [0.3, 0.4) is 0 Å². The van der Waals surface area contributed by atoms with Gasteiger partial charge in [-0.15, -0.1) is 0 Å². The molecule has 0 spiro atoms. The molecule has 2 aliphatic rings. The third kappa shape index (κ3) is 10.0. The fourth-order valence-corrected chi connectivity index (χ4v) is 5.81. The molecule has 9 nitrogen and oxygen atoms in total. The van der Waals surface area contributed by atoms with Gasteiger partial charge in [-0.1, -0.05) is 58.4 Å². The fourth-order valence-electron chi connectivity index (χ4n) is 5.81. The molecule has 240 valence electrons. The predicted octanol–water partition coefficient (Wildman–Crippen LogP) is 4.39. The molecule has 0 aliphatic carbocycles. The van der Waals surface area contributed by atoms with Crippen molar-refractivity contribution in [3.63, 3.8) is 0 Å². The van der Waals surface area contributed by atoms with Gasteiger partial charge in [-0.05, 0) is 57.6 Å². The van der Waals surface area contributed by atoms with Gasteiger partial charge < -0.3 is 34.9 Å². The second-order valence-corrected chi connectivity index (χ2v) is 12.7. The first-order valence-corrected chi connectivity index (χ1v) is 15.4. The molecule has 0 amide bonds. The van der Waals surface area contributed by atoms with Crippen LogP contribution in [0.15, 0.2) is 36.0 Å². The summed E-state index contributed by atoms with van der Waals surface area (Å²) in [7, 11) is 1.69. The number of aliphatic hydroxyl groups is 2. The van der Waals surface area contributed by atoms with Crippen LogP contribution in [0.4, 0.5) is 0 Å². The Kier molecular flexibility index (Phi) is 13.4. The largest absolute Gasteiger partial charge is 0.457 e. The van der Waals surface area contributed by atoms with Crippen molar-refractivity contribution in [1.82, 2.24) is 0 Å². The highest BCUT2D eigenvalue weighted by molar-refractivity contribution is 5.70. The number of esters is 2. The van der Waals surface area contributed by atoms with E-state index >= 15 is 0 Å². The molecular weight excluding hydrogens is 538 g/mol. The van der Waals surface area contributed by atoms with Gasteiger partial charge in [0.25, 0.3) is 0 Å². The molecular formula is C33H55NO8. The molecule has 11 atom stereocenters. The maximum Gasteiger partial charge on any atom is 0.306 e. The lowest BCUT2D eigenvalue weighted by Gasteiger charge is -2.33. The molecule has 2 heterocycles. The minimum absolute atomic E-state index is 0.0229. The number of cyclic esters (lactones) is 1. The van der Waals surface area contributed by atoms with Gasteiger partial charge in [-0.25, -0.2) is 0 Å². The number of methoxy groups -OCH3 is 1. The second-order valence-electron chi connectivity index (χ2n) is 12.7. The summed E-state index contributed by atoms with van der Waals surface area (Å²) >= 11 is 0. The van der Waals surface area contributed by atoms with E-state index in [0.717, 1.165) is 18.4 Å². The highest BCUT2D eigenvalue weighted by Gasteiger charge is 2.52. The number of allylic oxidation sites excluding steroid dienone is 2. The number of rotatable bonds is 11. The Morgan fingerprint density at radius 3 is 2.52 bits per heavy atom. The lowest BCUT2D eigenvalue weighted by molar-refractivity contribution is -0.156. The van der Waals surface area contributed by atoms with Gasteiger partial charge in [-0.3, -0.25) is 9.59 Å². The van der Waals surface area contributed by atoms with Crippen molar-refractivity contribution in [1.29, 1.82) is 0 Å². The van der Waals surface area contributed by atoms with E-state index in [1.165, 1.54) is 6.92 Å². The molecule has 0 saturated carbocycles. The molecule has 11 unspecified atom stereocenters. The van der Waals surface area contributed by atoms with Crippen LogP contribution in [-0.2, 0) is 28.5 Å². The van der Waals surface area contributed by atoms with Crippen LogP contribution >= 0.6 is 0 Å². The number of epoxide rings is 1. The Balaban J connectivity index is 2.25. The summed E-state index contributed by atoms with van der Waals surface area (Å²) < 4.78 is 22.9. The van der Waals surface area contributed by atoms with E-state index in [9.17, 15) is 19.8 Å². The summed E-state index contributed by atoms with van der Waals surface area (Å²) in [4.78, 5) is 24.8. The van der Waals surface area contributed by atoms with E-state index in [1.54, 1.807) is 51.3 Å². The zero-order valence-corrected chi connectivity index (χ0v) is 27.0. The molecule has 1 fully saturated rings. The lowest BCUT2D eigenvalue weighted by atomic mass is 9.85. The normalized spacial score (nSPS) is 34.9. The summed E-state index contributed by atoms with van der Waals surface area (Å²) in [5.41, 5.74) is 4.58. The number of hydrogen-bond donors (Lipinski definition) is 3. The van der Waals surface area contributed by atoms with Crippen molar-refractivity contribution in [2.75, 3.05) is 7.11 Å². The topological polar surface area (TPSA) is 141 Å². The van der Waals surface area contributed by atoms with Crippen LogP contribution < -0.4 is 5.73 Å². The van der Waals surface area contributed by atoms with Gasteiger partial charge >= 0.3 is 11.9 Å². The standard InChI is InChI=1S/C33H55NO8/c1-10-24-16-18-32(7,37)26(40-23(6)35)15-14-21(4)28(41-27(36)19-24)20(3)13-12-17-33(8,38)31(34)30-29(42-30)22(5)25(11-2)39-9/h12-15,17,21-22,24-26,28-31,37-38H,10-11,16,18-19,34H2,1-9H3. The van der Waals surface area contributed by atoms with Gasteiger partial charge in [0, 0.05) is 32.3 Å². The summed E-state index contributed by atoms with van der Waals surface area (Å²) in [5, 5.41) is 22.3. The molecule has 0 aromatic carbocycles. The van der Waals surface area contributed by atoms with Crippen molar-refractivity contribution in [3.05, 3.63) is 36.0 Å². The highest BCUT2D eigenvalue weighted by Crippen LogP contribution is 2.38. The molecule has 0 aromatic heterocycles. The molecule has 2 aliphatic heterocycles. The van der Waals surface area contributed by atoms with E-state index < -0.39 is 35.4 Å². The van der Waals surface area contributed by atoms with E-state index in [0.29, 0.717) is 12.8 Å². The number of hydrogen-bond acceptors (Lipinski definition) is 9. The monoisotopic (exact) mass is 593 g/mol. The first-order valence-electron chi connectivity index (χ1n) is 15.4. The van der Waals surface area contributed by atoms with Crippen molar-refractivity contribution in [3.8, 4) is 0 Å². The summed E-state index contributed by atoms with van der Waals surface area (Å²) in [6.45, 7) is 14.5. The number of ether oxygens (including phenoxy) is 4. The van der Waals surface area contributed by atoms with Crippen molar-refractivity contribution < 1.29 is 38.7 Å². The number of carbonyl (C=O) groups is 2. The quantitative estimate of drug-likeness (QED) is 0.138. The molecule has 1 saturated heterocycles. The summed E-state index contributed by atoms with van der Waals surface area (Å²) in [5.74, 6) is -0.895. The van der Waals surface area contributed by atoms with Crippen molar-refractivity contribution in [2.45, 2.75) is 135 Å². The maximum atomic E-state index is 13.0. The molecule has 0 radical (unpaired) electrons. The first kappa shape index (κ1) is 36.2. The molecule has 0 aromatic rings. The van der Waals surface area contributed by atoms with Gasteiger partial charge in [0.15, 0.2) is 0 Å². The Hall–Kier alpha value is -2.04. The van der Waals surface area contributed by atoms with E-state index in [2.05, 4.69) is 13.8 Å². The van der Waals surface area contributed by atoms with E-state index in [1.807, 2.05) is 20.8 Å². The zero-order valence-electron chi connectivity index (χ0n) is 27.0. The molecule has 4 N–H and O–H groups in total. The third-order valence-electron chi connectivity index (χ3n) is 8.96. The Bertz CT molecular complexity index is 983. The summed E-state index contributed by atoms with van der Waals surface area (Å²) in [6.07, 6.45) is 9.73.